The Kier molecular flexibility index (Phi) is 4.34. The number of amides is 1. The Hall–Kier alpha value is -2.26. The smallest absolute Gasteiger partial charge is 0.293 e. The van der Waals surface area contributed by atoms with E-state index >= 15 is 0 Å². The maximum atomic E-state index is 13.2. The van der Waals surface area contributed by atoms with Crippen molar-refractivity contribution < 1.29 is 9.18 Å². The number of hydrazine groups is 1. The molecular formula is C12H10BrFN4O3. The van der Waals surface area contributed by atoms with Gasteiger partial charge in [0.1, 0.15) is 0 Å². The SMILES string of the molecule is NNC(=O)c1ccc(Cn2cc(F)c(=O)[nH]c2=O)c(Br)c1. The second-order valence-corrected chi connectivity index (χ2v) is 5.00. The molecule has 2 aromatic rings. The van der Waals surface area contributed by atoms with E-state index in [1.165, 1.54) is 12.1 Å². The van der Waals surface area contributed by atoms with Gasteiger partial charge in [0.05, 0.1) is 12.7 Å². The van der Waals surface area contributed by atoms with E-state index in [1.54, 1.807) is 6.07 Å². The predicted molar refractivity (Wildman–Crippen MR) is 76.2 cm³/mol. The molecule has 9 heteroatoms. The number of rotatable bonds is 3. The summed E-state index contributed by atoms with van der Waals surface area (Å²) in [4.78, 5) is 35.8. The fraction of sp³-hybridized carbons (Fsp3) is 0.0833. The Balaban J connectivity index is 2.37. The Morgan fingerprint density at radius 2 is 2.14 bits per heavy atom. The van der Waals surface area contributed by atoms with E-state index in [1.807, 2.05) is 10.4 Å². The average molecular weight is 357 g/mol. The molecule has 0 fully saturated rings. The standard InChI is InChI=1S/C12H10BrFN4O3/c13-8-3-6(10(19)17-15)1-2-7(8)4-18-5-9(14)11(20)16-12(18)21/h1-3,5H,4,15H2,(H,17,19)(H,16,20,21). The van der Waals surface area contributed by atoms with Crippen molar-refractivity contribution in [1.82, 2.24) is 15.0 Å². The maximum Gasteiger partial charge on any atom is 0.328 e. The fourth-order valence-corrected chi connectivity index (χ4v) is 2.19. The van der Waals surface area contributed by atoms with E-state index in [4.69, 9.17) is 5.84 Å². The number of carbonyl (C=O) groups excluding carboxylic acids is 1. The van der Waals surface area contributed by atoms with Gasteiger partial charge in [0, 0.05) is 10.0 Å². The molecule has 0 radical (unpaired) electrons. The predicted octanol–water partition coefficient (Wildman–Crippen LogP) is 0.0900. The molecule has 7 nitrogen and oxygen atoms in total. The fourth-order valence-electron chi connectivity index (χ4n) is 1.68. The number of benzene rings is 1. The molecule has 1 aromatic heterocycles. The molecule has 110 valence electrons. The summed E-state index contributed by atoms with van der Waals surface area (Å²) in [6.45, 7) is 0.0254. The summed E-state index contributed by atoms with van der Waals surface area (Å²) in [5, 5.41) is 0. The number of nitrogens with zero attached hydrogens (tertiary/aromatic N) is 1. The zero-order valence-corrected chi connectivity index (χ0v) is 12.1. The lowest BCUT2D eigenvalue weighted by molar-refractivity contribution is 0.0953. The molecule has 0 unspecified atom stereocenters. The van der Waals surface area contributed by atoms with Crippen LogP contribution >= 0.6 is 15.9 Å². The topological polar surface area (TPSA) is 110 Å². The summed E-state index contributed by atoms with van der Waals surface area (Å²) < 4.78 is 14.8. The number of nitrogens with two attached hydrogens (primary N) is 1. The Morgan fingerprint density at radius 3 is 2.76 bits per heavy atom. The zero-order valence-electron chi connectivity index (χ0n) is 10.5. The first kappa shape index (κ1) is 15.1. The van der Waals surface area contributed by atoms with Gasteiger partial charge in [0.25, 0.3) is 11.5 Å². The number of nitrogens with one attached hydrogen (secondary N) is 2. The molecule has 1 aromatic carbocycles. The van der Waals surface area contributed by atoms with Gasteiger partial charge in [-0.25, -0.2) is 10.6 Å². The van der Waals surface area contributed by atoms with Crippen LogP contribution in [0, 0.1) is 5.82 Å². The number of hydrogen-bond donors (Lipinski definition) is 3. The second kappa shape index (κ2) is 6.02. The van der Waals surface area contributed by atoms with E-state index in [-0.39, 0.29) is 6.54 Å². The second-order valence-electron chi connectivity index (χ2n) is 4.14. The lowest BCUT2D eigenvalue weighted by atomic mass is 10.1. The Bertz CT molecular complexity index is 815. The van der Waals surface area contributed by atoms with Crippen molar-refractivity contribution in [2.75, 3.05) is 0 Å². The summed E-state index contributed by atoms with van der Waals surface area (Å²) in [6, 6.07) is 4.62. The van der Waals surface area contributed by atoms with Gasteiger partial charge in [-0.05, 0) is 17.7 Å². The first-order valence-electron chi connectivity index (χ1n) is 5.71. The van der Waals surface area contributed by atoms with E-state index < -0.39 is 23.0 Å². The normalized spacial score (nSPS) is 10.4. The number of aromatic amines is 1. The molecule has 0 aliphatic heterocycles. The third-order valence-corrected chi connectivity index (χ3v) is 3.49. The monoisotopic (exact) mass is 356 g/mol. The number of nitrogen functional groups attached to an aromatic ring is 1. The van der Waals surface area contributed by atoms with Crippen molar-refractivity contribution in [3.05, 3.63) is 66.7 Å². The molecule has 1 heterocycles. The minimum atomic E-state index is -1.06. The van der Waals surface area contributed by atoms with Crippen molar-refractivity contribution >= 4 is 21.8 Å². The zero-order chi connectivity index (χ0) is 15.6. The molecule has 0 aliphatic carbocycles. The van der Waals surface area contributed by atoms with Crippen LogP contribution in [0.4, 0.5) is 4.39 Å². The van der Waals surface area contributed by atoms with Gasteiger partial charge in [0.15, 0.2) is 0 Å². The quantitative estimate of drug-likeness (QED) is 0.411. The minimum Gasteiger partial charge on any atom is -0.293 e. The van der Waals surface area contributed by atoms with Gasteiger partial charge in [-0.15, -0.1) is 0 Å². The number of hydrogen-bond acceptors (Lipinski definition) is 4. The van der Waals surface area contributed by atoms with Crippen molar-refractivity contribution in [3.8, 4) is 0 Å². The van der Waals surface area contributed by atoms with Gasteiger partial charge in [-0.3, -0.25) is 24.6 Å². The summed E-state index contributed by atoms with van der Waals surface area (Å²) >= 11 is 3.26. The third kappa shape index (κ3) is 3.26. The number of halogens is 2. The highest BCUT2D eigenvalue weighted by molar-refractivity contribution is 9.10. The van der Waals surface area contributed by atoms with E-state index in [9.17, 15) is 18.8 Å². The first-order valence-corrected chi connectivity index (χ1v) is 6.50. The van der Waals surface area contributed by atoms with Crippen LogP contribution in [-0.4, -0.2) is 15.5 Å². The molecule has 0 spiro atoms. The van der Waals surface area contributed by atoms with Crippen molar-refractivity contribution in [2.24, 2.45) is 5.84 Å². The first-order chi connectivity index (χ1) is 9.92. The molecule has 0 saturated heterocycles. The highest BCUT2D eigenvalue weighted by Crippen LogP contribution is 2.19. The van der Waals surface area contributed by atoms with Gasteiger partial charge in [-0.1, -0.05) is 22.0 Å². The van der Waals surface area contributed by atoms with Crippen LogP contribution in [-0.2, 0) is 6.54 Å². The molecule has 0 saturated carbocycles. The number of aromatic nitrogens is 2. The van der Waals surface area contributed by atoms with Crippen LogP contribution in [0.15, 0.2) is 38.5 Å². The van der Waals surface area contributed by atoms with E-state index in [2.05, 4.69) is 15.9 Å². The highest BCUT2D eigenvalue weighted by Gasteiger charge is 2.09. The lowest BCUT2D eigenvalue weighted by Gasteiger charge is -2.09. The summed E-state index contributed by atoms with van der Waals surface area (Å²) in [7, 11) is 0. The van der Waals surface area contributed by atoms with Crippen LogP contribution in [0.2, 0.25) is 0 Å². The Morgan fingerprint density at radius 1 is 1.43 bits per heavy atom. The summed E-state index contributed by atoms with van der Waals surface area (Å²) in [5.74, 6) is 3.52. The molecule has 0 aliphatic rings. The minimum absolute atomic E-state index is 0.0254. The number of H-pyrrole nitrogens is 1. The van der Waals surface area contributed by atoms with Crippen molar-refractivity contribution in [2.45, 2.75) is 6.54 Å². The van der Waals surface area contributed by atoms with Crippen LogP contribution in [0.1, 0.15) is 15.9 Å². The van der Waals surface area contributed by atoms with E-state index in [0.29, 0.717) is 15.6 Å². The summed E-state index contributed by atoms with van der Waals surface area (Å²) in [6.07, 6.45) is 0.827. The number of carbonyl (C=O) groups is 1. The molecule has 21 heavy (non-hydrogen) atoms. The maximum absolute atomic E-state index is 13.2. The van der Waals surface area contributed by atoms with Crippen LogP contribution in [0.3, 0.4) is 0 Å². The summed E-state index contributed by atoms with van der Waals surface area (Å²) in [5.41, 5.74) is 1.16. The molecule has 1 amide bonds. The molecule has 2 rings (SSSR count). The Labute approximate surface area is 125 Å². The van der Waals surface area contributed by atoms with E-state index in [0.717, 1.165) is 10.8 Å². The molecule has 0 bridgehead atoms. The van der Waals surface area contributed by atoms with Gasteiger partial charge < -0.3 is 0 Å². The highest BCUT2D eigenvalue weighted by atomic mass is 79.9. The van der Waals surface area contributed by atoms with Gasteiger partial charge in [0.2, 0.25) is 5.82 Å². The van der Waals surface area contributed by atoms with Crippen molar-refractivity contribution in [3.63, 3.8) is 0 Å². The van der Waals surface area contributed by atoms with Crippen LogP contribution in [0.5, 0.6) is 0 Å². The molecule has 4 N–H and O–H groups in total. The average Bonchev–Trinajstić information content (AvgIpc) is 2.45. The lowest BCUT2D eigenvalue weighted by Crippen LogP contribution is -2.32. The van der Waals surface area contributed by atoms with Gasteiger partial charge >= 0.3 is 5.69 Å². The van der Waals surface area contributed by atoms with Gasteiger partial charge in [-0.2, -0.15) is 4.39 Å². The third-order valence-electron chi connectivity index (χ3n) is 2.75. The van der Waals surface area contributed by atoms with Crippen LogP contribution < -0.4 is 22.5 Å². The largest absolute Gasteiger partial charge is 0.328 e. The van der Waals surface area contributed by atoms with Crippen LogP contribution in [0.25, 0.3) is 0 Å². The molecule has 0 atom stereocenters. The van der Waals surface area contributed by atoms with Crippen molar-refractivity contribution in [1.29, 1.82) is 0 Å². The molecular weight excluding hydrogens is 347 g/mol.